The maximum Gasteiger partial charge on any atom is -0.0383 e. The van der Waals surface area contributed by atoms with Crippen LogP contribution in [0.4, 0.5) is 0 Å². The van der Waals surface area contributed by atoms with Crippen molar-refractivity contribution in [1.29, 1.82) is 0 Å². The summed E-state index contributed by atoms with van der Waals surface area (Å²) in [5.41, 5.74) is 0. The van der Waals surface area contributed by atoms with Crippen molar-refractivity contribution in [1.82, 2.24) is 0 Å². The van der Waals surface area contributed by atoms with Gasteiger partial charge in [-0.2, -0.15) is 0 Å². The highest BCUT2D eigenvalue weighted by Gasteiger charge is 2.34. The van der Waals surface area contributed by atoms with Gasteiger partial charge in [-0.1, -0.05) is 46.0 Å². The van der Waals surface area contributed by atoms with Crippen molar-refractivity contribution in [2.45, 2.75) is 71.6 Å². The van der Waals surface area contributed by atoms with E-state index < -0.39 is 0 Å². The van der Waals surface area contributed by atoms with Crippen LogP contribution in [0.2, 0.25) is 0 Å². The monoisotopic (exact) mass is 208 g/mol. The molecule has 0 nitrogen and oxygen atoms in total. The molecule has 0 heteroatoms. The van der Waals surface area contributed by atoms with E-state index in [1.807, 2.05) is 0 Å². The third-order valence-corrected chi connectivity index (χ3v) is 5.10. The van der Waals surface area contributed by atoms with E-state index in [-0.39, 0.29) is 0 Å². The summed E-state index contributed by atoms with van der Waals surface area (Å²) in [5.74, 6) is 4.42. The quantitative estimate of drug-likeness (QED) is 0.610. The van der Waals surface area contributed by atoms with Crippen molar-refractivity contribution in [3.8, 4) is 0 Å². The van der Waals surface area contributed by atoms with Crippen LogP contribution in [-0.2, 0) is 0 Å². The lowest BCUT2D eigenvalue weighted by Crippen LogP contribution is -2.30. The lowest BCUT2D eigenvalue weighted by Gasteiger charge is -2.42. The zero-order valence-corrected chi connectivity index (χ0v) is 10.7. The summed E-state index contributed by atoms with van der Waals surface area (Å²) >= 11 is 0. The highest BCUT2D eigenvalue weighted by Crippen LogP contribution is 2.46. The molecule has 0 aromatic rings. The van der Waals surface area contributed by atoms with Gasteiger partial charge in [0.05, 0.1) is 0 Å². The summed E-state index contributed by atoms with van der Waals surface area (Å²) < 4.78 is 0. The Morgan fingerprint density at radius 1 is 0.800 bits per heavy atom. The van der Waals surface area contributed by atoms with Crippen LogP contribution in [0, 0.1) is 23.7 Å². The molecule has 0 heterocycles. The summed E-state index contributed by atoms with van der Waals surface area (Å²) in [6.07, 6.45) is 13.7. The second kappa shape index (κ2) is 5.37. The van der Waals surface area contributed by atoms with Gasteiger partial charge in [-0.3, -0.25) is 0 Å². The number of rotatable bonds is 3. The van der Waals surface area contributed by atoms with Crippen LogP contribution >= 0.6 is 0 Å². The SMILES string of the molecule is CCCC1CCC2CC(CC)CCC2C1. The molecule has 2 rings (SSSR count). The molecular weight excluding hydrogens is 180 g/mol. The molecule has 0 aromatic heterocycles. The Bertz CT molecular complexity index is 184. The summed E-state index contributed by atoms with van der Waals surface area (Å²) in [4.78, 5) is 0. The summed E-state index contributed by atoms with van der Waals surface area (Å²) in [6, 6.07) is 0. The lowest BCUT2D eigenvalue weighted by molar-refractivity contribution is 0.0936. The topological polar surface area (TPSA) is 0 Å². The predicted octanol–water partition coefficient (Wildman–Crippen LogP) is 5.03. The van der Waals surface area contributed by atoms with Crippen LogP contribution < -0.4 is 0 Å². The van der Waals surface area contributed by atoms with Gasteiger partial charge < -0.3 is 0 Å². The van der Waals surface area contributed by atoms with Crippen molar-refractivity contribution in [3.05, 3.63) is 0 Å². The van der Waals surface area contributed by atoms with E-state index in [1.54, 1.807) is 32.1 Å². The minimum atomic E-state index is 1.08. The lowest BCUT2D eigenvalue weighted by atomic mass is 9.64. The van der Waals surface area contributed by atoms with Crippen molar-refractivity contribution in [2.24, 2.45) is 23.7 Å². The fourth-order valence-electron chi connectivity index (χ4n) is 4.12. The molecule has 2 aliphatic rings. The van der Waals surface area contributed by atoms with Crippen LogP contribution in [0.15, 0.2) is 0 Å². The first-order valence-electron chi connectivity index (χ1n) is 7.33. The average Bonchev–Trinajstić information content (AvgIpc) is 2.29. The van der Waals surface area contributed by atoms with E-state index in [9.17, 15) is 0 Å². The average molecular weight is 208 g/mol. The molecule has 4 atom stereocenters. The van der Waals surface area contributed by atoms with E-state index in [2.05, 4.69) is 13.8 Å². The molecule has 88 valence electrons. The Morgan fingerprint density at radius 2 is 1.40 bits per heavy atom. The van der Waals surface area contributed by atoms with Gasteiger partial charge in [0.15, 0.2) is 0 Å². The Kier molecular flexibility index (Phi) is 4.11. The summed E-state index contributed by atoms with van der Waals surface area (Å²) in [5, 5.41) is 0. The Labute approximate surface area is 95.8 Å². The third-order valence-electron chi connectivity index (χ3n) is 5.10. The van der Waals surface area contributed by atoms with Gasteiger partial charge in [-0.25, -0.2) is 0 Å². The minimum Gasteiger partial charge on any atom is -0.0654 e. The zero-order valence-electron chi connectivity index (χ0n) is 10.7. The normalized spacial score (nSPS) is 41.2. The standard InChI is InChI=1S/C15H28/c1-3-5-13-7-9-14-10-12(4-2)6-8-15(14)11-13/h12-15H,3-11H2,1-2H3. The maximum atomic E-state index is 2.38. The molecule has 2 aliphatic carbocycles. The van der Waals surface area contributed by atoms with Crippen LogP contribution in [0.3, 0.4) is 0 Å². The fraction of sp³-hybridized carbons (Fsp3) is 1.00. The molecule has 0 radical (unpaired) electrons. The highest BCUT2D eigenvalue weighted by atomic mass is 14.4. The second-order valence-electron chi connectivity index (χ2n) is 6.08. The van der Waals surface area contributed by atoms with Gasteiger partial charge in [0, 0.05) is 0 Å². The van der Waals surface area contributed by atoms with E-state index in [0.717, 1.165) is 23.7 Å². The first-order chi connectivity index (χ1) is 7.33. The molecule has 0 N–H and O–H groups in total. The summed E-state index contributed by atoms with van der Waals surface area (Å²) in [6.45, 7) is 4.73. The van der Waals surface area contributed by atoms with E-state index >= 15 is 0 Å². The van der Waals surface area contributed by atoms with Crippen molar-refractivity contribution < 1.29 is 0 Å². The number of hydrogen-bond donors (Lipinski definition) is 0. The molecule has 0 aliphatic heterocycles. The smallest absolute Gasteiger partial charge is 0.0383 e. The molecule has 0 bridgehead atoms. The minimum absolute atomic E-state index is 1.08. The van der Waals surface area contributed by atoms with Crippen LogP contribution in [-0.4, -0.2) is 0 Å². The van der Waals surface area contributed by atoms with Gasteiger partial charge in [-0.05, 0) is 49.4 Å². The Hall–Kier alpha value is 0. The predicted molar refractivity (Wildman–Crippen MR) is 66.9 cm³/mol. The Balaban J connectivity index is 1.83. The van der Waals surface area contributed by atoms with Gasteiger partial charge in [0.25, 0.3) is 0 Å². The summed E-state index contributed by atoms with van der Waals surface area (Å²) in [7, 11) is 0. The first kappa shape index (κ1) is 11.5. The van der Waals surface area contributed by atoms with Gasteiger partial charge in [0.1, 0.15) is 0 Å². The van der Waals surface area contributed by atoms with Gasteiger partial charge in [0.2, 0.25) is 0 Å². The Morgan fingerprint density at radius 3 is 2.00 bits per heavy atom. The maximum absolute atomic E-state index is 2.38. The molecular formula is C15H28. The fourth-order valence-corrected chi connectivity index (χ4v) is 4.12. The van der Waals surface area contributed by atoms with Crippen molar-refractivity contribution in [3.63, 3.8) is 0 Å². The largest absolute Gasteiger partial charge is 0.0654 e. The van der Waals surface area contributed by atoms with Gasteiger partial charge >= 0.3 is 0 Å². The first-order valence-corrected chi connectivity index (χ1v) is 7.33. The molecule has 2 fully saturated rings. The van der Waals surface area contributed by atoms with Crippen LogP contribution in [0.25, 0.3) is 0 Å². The van der Waals surface area contributed by atoms with E-state index in [1.165, 1.54) is 25.7 Å². The van der Waals surface area contributed by atoms with Crippen molar-refractivity contribution in [2.75, 3.05) is 0 Å². The number of hydrogen-bond acceptors (Lipinski definition) is 0. The molecule has 15 heavy (non-hydrogen) atoms. The molecule has 0 saturated heterocycles. The molecule has 4 unspecified atom stereocenters. The van der Waals surface area contributed by atoms with Crippen LogP contribution in [0.5, 0.6) is 0 Å². The molecule has 0 amide bonds. The number of fused-ring (bicyclic) bond motifs is 1. The van der Waals surface area contributed by atoms with Crippen molar-refractivity contribution >= 4 is 0 Å². The highest BCUT2D eigenvalue weighted by molar-refractivity contribution is 4.85. The van der Waals surface area contributed by atoms with E-state index in [4.69, 9.17) is 0 Å². The third kappa shape index (κ3) is 2.77. The molecule has 0 spiro atoms. The van der Waals surface area contributed by atoms with Gasteiger partial charge in [-0.15, -0.1) is 0 Å². The van der Waals surface area contributed by atoms with E-state index in [0.29, 0.717) is 0 Å². The zero-order chi connectivity index (χ0) is 10.7. The molecule has 2 saturated carbocycles. The van der Waals surface area contributed by atoms with Crippen LogP contribution in [0.1, 0.15) is 71.6 Å². The molecule has 0 aromatic carbocycles. The second-order valence-corrected chi connectivity index (χ2v) is 6.08.